The molecule has 0 radical (unpaired) electrons. The third-order valence-corrected chi connectivity index (χ3v) is 3.88. The number of hydrogen-bond donors (Lipinski definition) is 2. The lowest BCUT2D eigenvalue weighted by Gasteiger charge is -2.04. The molecule has 1 heterocycles. The van der Waals surface area contributed by atoms with Crippen molar-refractivity contribution >= 4 is 40.1 Å². The Kier molecular flexibility index (Phi) is 4.99. The smallest absolute Gasteiger partial charge is 0.328 e. The molecule has 0 saturated heterocycles. The van der Waals surface area contributed by atoms with Crippen molar-refractivity contribution in [3.8, 4) is 0 Å². The van der Waals surface area contributed by atoms with E-state index < -0.39 is 22.7 Å². The van der Waals surface area contributed by atoms with E-state index in [4.69, 9.17) is 5.11 Å². The highest BCUT2D eigenvalue weighted by Gasteiger charge is 2.18. The lowest BCUT2D eigenvalue weighted by Crippen LogP contribution is -2.12. The largest absolute Gasteiger partial charge is 0.478 e. The van der Waals surface area contributed by atoms with E-state index in [-0.39, 0.29) is 16.9 Å². The van der Waals surface area contributed by atoms with Crippen molar-refractivity contribution in [2.45, 2.75) is 0 Å². The van der Waals surface area contributed by atoms with Crippen LogP contribution in [0.2, 0.25) is 0 Å². The molecule has 140 valence electrons. The van der Waals surface area contributed by atoms with Gasteiger partial charge in [0.05, 0.1) is 16.0 Å². The second-order valence-corrected chi connectivity index (χ2v) is 5.70. The number of nitrogens with one attached hydrogen (secondary N) is 1. The van der Waals surface area contributed by atoms with Crippen molar-refractivity contribution in [3.05, 3.63) is 82.6 Å². The van der Waals surface area contributed by atoms with Crippen LogP contribution < -0.4 is 5.32 Å². The summed E-state index contributed by atoms with van der Waals surface area (Å²) in [5.41, 5.74) is 0.647. The van der Waals surface area contributed by atoms with Crippen molar-refractivity contribution in [1.82, 2.24) is 4.57 Å². The molecule has 0 bridgehead atoms. The minimum atomic E-state index is -1.27. The quantitative estimate of drug-likeness (QED) is 0.398. The van der Waals surface area contributed by atoms with Crippen LogP contribution in [0.4, 0.5) is 11.4 Å². The van der Waals surface area contributed by atoms with E-state index >= 15 is 0 Å². The first-order valence-corrected chi connectivity index (χ1v) is 7.98. The SMILES string of the molecule is O=C(O)/C=C/C(=O)n1cc(C(=O)Nc2cccc([N+](=O)[O-])c2)c2ccccc21. The van der Waals surface area contributed by atoms with E-state index in [1.54, 1.807) is 24.3 Å². The fourth-order valence-corrected chi connectivity index (χ4v) is 2.66. The lowest BCUT2D eigenvalue weighted by molar-refractivity contribution is -0.384. The van der Waals surface area contributed by atoms with Crippen LogP contribution in [-0.4, -0.2) is 32.4 Å². The van der Waals surface area contributed by atoms with Gasteiger partial charge in [0, 0.05) is 41.6 Å². The van der Waals surface area contributed by atoms with E-state index in [0.29, 0.717) is 17.0 Å². The van der Waals surface area contributed by atoms with Gasteiger partial charge in [0.1, 0.15) is 0 Å². The van der Waals surface area contributed by atoms with Crippen molar-refractivity contribution < 1.29 is 24.4 Å². The highest BCUT2D eigenvalue weighted by molar-refractivity contribution is 6.15. The van der Waals surface area contributed by atoms with Crippen LogP contribution in [-0.2, 0) is 4.79 Å². The zero-order chi connectivity index (χ0) is 20.3. The maximum Gasteiger partial charge on any atom is 0.328 e. The number of anilines is 1. The maximum atomic E-state index is 12.7. The molecule has 1 amide bonds. The van der Waals surface area contributed by atoms with Gasteiger partial charge in [-0.3, -0.25) is 24.3 Å². The Morgan fingerprint density at radius 3 is 2.54 bits per heavy atom. The van der Waals surface area contributed by atoms with Gasteiger partial charge in [0.25, 0.3) is 17.5 Å². The molecule has 0 saturated carbocycles. The summed E-state index contributed by atoms with van der Waals surface area (Å²) in [6.07, 6.45) is 2.89. The molecular formula is C19H13N3O6. The minimum absolute atomic E-state index is 0.166. The van der Waals surface area contributed by atoms with E-state index in [1.807, 2.05) is 0 Å². The molecule has 0 unspecified atom stereocenters. The van der Waals surface area contributed by atoms with Crippen LogP contribution in [0, 0.1) is 10.1 Å². The molecule has 1 aromatic heterocycles. The van der Waals surface area contributed by atoms with Crippen LogP contribution in [0.5, 0.6) is 0 Å². The predicted molar refractivity (Wildman–Crippen MR) is 100 cm³/mol. The number of carboxylic acid groups (broad SMARTS) is 1. The Bertz CT molecular complexity index is 1150. The Hall–Kier alpha value is -4.27. The third-order valence-electron chi connectivity index (χ3n) is 3.88. The van der Waals surface area contributed by atoms with Crippen molar-refractivity contribution in [2.24, 2.45) is 0 Å². The number of carboxylic acids is 1. The van der Waals surface area contributed by atoms with Crippen molar-refractivity contribution in [1.29, 1.82) is 0 Å². The molecule has 3 aromatic rings. The van der Waals surface area contributed by atoms with Crippen LogP contribution >= 0.6 is 0 Å². The van der Waals surface area contributed by atoms with Gasteiger partial charge < -0.3 is 10.4 Å². The number of allylic oxidation sites excluding steroid dienone is 1. The Morgan fingerprint density at radius 2 is 1.82 bits per heavy atom. The number of nitro groups is 1. The second kappa shape index (κ2) is 7.54. The summed E-state index contributed by atoms with van der Waals surface area (Å²) in [6, 6.07) is 12.1. The van der Waals surface area contributed by atoms with Crippen LogP contribution in [0.3, 0.4) is 0 Å². The summed E-state index contributed by atoms with van der Waals surface area (Å²) in [4.78, 5) is 45.9. The van der Waals surface area contributed by atoms with E-state index in [2.05, 4.69) is 5.32 Å². The number of hydrogen-bond acceptors (Lipinski definition) is 5. The molecule has 0 atom stereocenters. The number of amides is 1. The minimum Gasteiger partial charge on any atom is -0.478 e. The van der Waals surface area contributed by atoms with Crippen LogP contribution in [0.25, 0.3) is 10.9 Å². The number of aromatic nitrogens is 1. The van der Waals surface area contributed by atoms with Crippen molar-refractivity contribution in [2.75, 3.05) is 5.32 Å². The summed E-state index contributed by atoms with van der Waals surface area (Å²) in [5.74, 6) is -2.47. The maximum absolute atomic E-state index is 12.7. The number of fused-ring (bicyclic) bond motifs is 1. The molecule has 0 fully saturated rings. The molecule has 0 aliphatic carbocycles. The fraction of sp³-hybridized carbons (Fsp3) is 0. The summed E-state index contributed by atoms with van der Waals surface area (Å²) in [7, 11) is 0. The Labute approximate surface area is 157 Å². The summed E-state index contributed by atoms with van der Waals surface area (Å²) >= 11 is 0. The van der Waals surface area contributed by atoms with E-state index in [0.717, 1.165) is 10.6 Å². The number of rotatable bonds is 5. The van der Waals surface area contributed by atoms with Gasteiger partial charge in [-0.05, 0) is 12.1 Å². The number of nitro benzene ring substituents is 1. The topological polar surface area (TPSA) is 132 Å². The van der Waals surface area contributed by atoms with Crippen LogP contribution in [0.1, 0.15) is 15.2 Å². The normalized spacial score (nSPS) is 10.9. The molecule has 2 aromatic carbocycles. The van der Waals surface area contributed by atoms with Gasteiger partial charge in [-0.25, -0.2) is 4.79 Å². The first kappa shape index (κ1) is 18.5. The van der Waals surface area contributed by atoms with Gasteiger partial charge >= 0.3 is 5.97 Å². The van der Waals surface area contributed by atoms with Gasteiger partial charge in [-0.15, -0.1) is 0 Å². The Morgan fingerprint density at radius 1 is 1.07 bits per heavy atom. The molecule has 0 aliphatic heterocycles. The van der Waals surface area contributed by atoms with Gasteiger partial charge in [0.2, 0.25) is 0 Å². The Balaban J connectivity index is 1.98. The number of carbonyl (C=O) groups is 3. The molecule has 9 nitrogen and oxygen atoms in total. The number of benzene rings is 2. The van der Waals surface area contributed by atoms with Gasteiger partial charge in [-0.2, -0.15) is 0 Å². The lowest BCUT2D eigenvalue weighted by atomic mass is 10.1. The highest BCUT2D eigenvalue weighted by atomic mass is 16.6. The molecule has 28 heavy (non-hydrogen) atoms. The number of para-hydroxylation sites is 1. The van der Waals surface area contributed by atoms with Gasteiger partial charge in [0.15, 0.2) is 0 Å². The molecule has 0 aliphatic rings. The average molecular weight is 379 g/mol. The summed E-state index contributed by atoms with van der Waals surface area (Å²) in [6.45, 7) is 0. The van der Waals surface area contributed by atoms with Gasteiger partial charge in [-0.1, -0.05) is 24.3 Å². The van der Waals surface area contributed by atoms with Crippen LogP contribution in [0.15, 0.2) is 66.9 Å². The first-order valence-electron chi connectivity index (χ1n) is 7.98. The number of nitrogens with zero attached hydrogens (tertiary/aromatic N) is 2. The summed E-state index contributed by atoms with van der Waals surface area (Å²) in [5, 5.41) is 22.6. The number of aliphatic carboxylic acids is 1. The zero-order valence-corrected chi connectivity index (χ0v) is 14.2. The highest BCUT2D eigenvalue weighted by Crippen LogP contribution is 2.24. The standard InChI is InChI=1S/C19H13N3O6/c23-17(8-9-18(24)25)21-11-15(14-6-1-2-7-16(14)21)19(26)20-12-4-3-5-13(10-12)22(27)28/h1-11H,(H,20,26)(H,24,25)/b9-8+. The number of non-ortho nitro benzene ring substituents is 1. The summed E-state index contributed by atoms with van der Waals surface area (Å²) < 4.78 is 1.16. The fourth-order valence-electron chi connectivity index (χ4n) is 2.66. The molecule has 0 spiro atoms. The molecule has 3 rings (SSSR count). The molecule has 9 heteroatoms. The van der Waals surface area contributed by atoms with Crippen molar-refractivity contribution in [3.63, 3.8) is 0 Å². The second-order valence-electron chi connectivity index (χ2n) is 5.70. The monoisotopic (exact) mass is 379 g/mol. The molecular weight excluding hydrogens is 366 g/mol. The third kappa shape index (κ3) is 3.78. The molecule has 2 N–H and O–H groups in total. The zero-order valence-electron chi connectivity index (χ0n) is 14.2. The van der Waals surface area contributed by atoms with E-state index in [1.165, 1.54) is 30.5 Å². The average Bonchev–Trinajstić information content (AvgIpc) is 3.06. The van der Waals surface area contributed by atoms with E-state index in [9.17, 15) is 24.5 Å². The number of carbonyl (C=O) groups excluding carboxylic acids is 2. The first-order chi connectivity index (χ1) is 13.4. The predicted octanol–water partition coefficient (Wildman–Crippen LogP) is 3.08.